The molecule has 43 heavy (non-hydrogen) atoms. The van der Waals surface area contributed by atoms with Gasteiger partial charge in [-0.15, -0.1) is 11.3 Å². The molecule has 0 N–H and O–H groups in total. The van der Waals surface area contributed by atoms with Crippen LogP contribution in [0.15, 0.2) is 158 Å². The highest BCUT2D eigenvalue weighted by Gasteiger charge is 2.19. The zero-order chi connectivity index (χ0) is 28.3. The first kappa shape index (κ1) is 24.4. The third kappa shape index (κ3) is 3.75. The van der Waals surface area contributed by atoms with Crippen LogP contribution in [0.4, 0.5) is 0 Å². The highest BCUT2D eigenvalue weighted by molar-refractivity contribution is 7.26. The molecule has 0 bridgehead atoms. The molecule has 0 spiro atoms. The molecular formula is C42H26S. The fourth-order valence-electron chi connectivity index (χ4n) is 7.00. The van der Waals surface area contributed by atoms with Crippen LogP contribution in [0, 0.1) is 0 Å². The maximum absolute atomic E-state index is 2.42. The monoisotopic (exact) mass is 562 g/mol. The first-order chi connectivity index (χ1) is 21.3. The molecule has 0 aliphatic rings. The molecule has 0 unspecified atom stereocenters. The van der Waals surface area contributed by atoms with Crippen LogP contribution < -0.4 is 0 Å². The van der Waals surface area contributed by atoms with Crippen LogP contribution >= 0.6 is 11.3 Å². The van der Waals surface area contributed by atoms with Gasteiger partial charge in [-0.2, -0.15) is 0 Å². The minimum absolute atomic E-state index is 1.23. The SMILES string of the molecule is c1ccc(-c2ccccc2-c2c3ccccc3c(-c3ccc4c(c3)sc3ccc5ccccc5c34)c3ccccc23)cc1. The molecule has 1 heterocycles. The normalized spacial score (nSPS) is 11.7. The summed E-state index contributed by atoms with van der Waals surface area (Å²) in [5.74, 6) is 0. The first-order valence-corrected chi connectivity index (χ1v) is 15.6. The summed E-state index contributed by atoms with van der Waals surface area (Å²) in [6.45, 7) is 0. The molecule has 0 aliphatic carbocycles. The summed E-state index contributed by atoms with van der Waals surface area (Å²) in [4.78, 5) is 0. The second kappa shape index (κ2) is 9.66. The third-order valence-corrected chi connectivity index (χ3v) is 9.98. The van der Waals surface area contributed by atoms with Crippen LogP contribution in [-0.2, 0) is 0 Å². The van der Waals surface area contributed by atoms with Gasteiger partial charge in [-0.05, 0) is 77.8 Å². The van der Waals surface area contributed by atoms with Gasteiger partial charge in [0.1, 0.15) is 0 Å². The van der Waals surface area contributed by atoms with E-state index in [1.165, 1.54) is 85.9 Å². The molecule has 0 amide bonds. The average molecular weight is 563 g/mol. The number of rotatable bonds is 3. The van der Waals surface area contributed by atoms with Crippen LogP contribution in [0.5, 0.6) is 0 Å². The van der Waals surface area contributed by atoms with E-state index in [0.717, 1.165) is 0 Å². The lowest BCUT2D eigenvalue weighted by atomic mass is 9.84. The lowest BCUT2D eigenvalue weighted by Crippen LogP contribution is -1.92. The molecule has 0 atom stereocenters. The van der Waals surface area contributed by atoms with E-state index >= 15 is 0 Å². The van der Waals surface area contributed by atoms with Crippen LogP contribution in [0.3, 0.4) is 0 Å². The first-order valence-electron chi connectivity index (χ1n) is 14.8. The Morgan fingerprint density at radius 3 is 1.63 bits per heavy atom. The molecule has 9 rings (SSSR count). The van der Waals surface area contributed by atoms with Gasteiger partial charge in [0.15, 0.2) is 0 Å². The summed E-state index contributed by atoms with van der Waals surface area (Å²) in [6, 6.07) is 57.9. The molecule has 0 saturated carbocycles. The Kier molecular flexibility index (Phi) is 5.47. The minimum Gasteiger partial charge on any atom is -0.135 e. The predicted octanol–water partition coefficient (Wildman–Crippen LogP) is 12.5. The molecule has 0 radical (unpaired) electrons. The van der Waals surface area contributed by atoms with E-state index in [0.29, 0.717) is 0 Å². The van der Waals surface area contributed by atoms with Crippen molar-refractivity contribution in [2.75, 3.05) is 0 Å². The summed E-state index contributed by atoms with van der Waals surface area (Å²) < 4.78 is 2.67. The molecule has 0 saturated heterocycles. The minimum atomic E-state index is 1.23. The Balaban J connectivity index is 1.35. The summed E-state index contributed by atoms with van der Waals surface area (Å²) in [5.41, 5.74) is 7.61. The fourth-order valence-corrected chi connectivity index (χ4v) is 8.16. The molecule has 1 aromatic heterocycles. The zero-order valence-electron chi connectivity index (χ0n) is 23.4. The summed E-state index contributed by atoms with van der Waals surface area (Å²) in [7, 11) is 0. The fraction of sp³-hybridized carbons (Fsp3) is 0. The Bertz CT molecular complexity index is 2440. The van der Waals surface area contributed by atoms with Crippen LogP contribution in [0.25, 0.3) is 85.9 Å². The molecule has 1 heteroatoms. The quantitative estimate of drug-likeness (QED) is 0.188. The predicted molar refractivity (Wildman–Crippen MR) is 188 cm³/mol. The van der Waals surface area contributed by atoms with Crippen molar-refractivity contribution in [3.8, 4) is 33.4 Å². The molecule has 0 nitrogen and oxygen atoms in total. The van der Waals surface area contributed by atoms with Gasteiger partial charge >= 0.3 is 0 Å². The van der Waals surface area contributed by atoms with E-state index in [-0.39, 0.29) is 0 Å². The van der Waals surface area contributed by atoms with Gasteiger partial charge < -0.3 is 0 Å². The summed E-state index contributed by atoms with van der Waals surface area (Å²) in [5, 5.41) is 10.5. The average Bonchev–Trinajstić information content (AvgIpc) is 3.46. The van der Waals surface area contributed by atoms with E-state index in [2.05, 4.69) is 158 Å². The lowest BCUT2D eigenvalue weighted by Gasteiger charge is -2.19. The Hall–Kier alpha value is -5.24. The van der Waals surface area contributed by atoms with Crippen LogP contribution in [0.2, 0.25) is 0 Å². The van der Waals surface area contributed by atoms with Crippen molar-refractivity contribution < 1.29 is 0 Å². The Labute approximate surface area is 254 Å². The van der Waals surface area contributed by atoms with Gasteiger partial charge in [0.25, 0.3) is 0 Å². The topological polar surface area (TPSA) is 0 Å². The highest BCUT2D eigenvalue weighted by atomic mass is 32.1. The van der Waals surface area contributed by atoms with Gasteiger partial charge in [-0.25, -0.2) is 0 Å². The second-order valence-electron chi connectivity index (χ2n) is 11.2. The van der Waals surface area contributed by atoms with Crippen LogP contribution in [0.1, 0.15) is 0 Å². The van der Waals surface area contributed by atoms with Gasteiger partial charge in [-0.3, -0.25) is 0 Å². The molecule has 8 aromatic carbocycles. The van der Waals surface area contributed by atoms with Gasteiger partial charge in [-0.1, -0.05) is 146 Å². The Morgan fingerprint density at radius 2 is 0.907 bits per heavy atom. The van der Waals surface area contributed by atoms with Crippen molar-refractivity contribution in [3.05, 3.63) is 158 Å². The number of fused-ring (bicyclic) bond motifs is 7. The summed E-state index contributed by atoms with van der Waals surface area (Å²) in [6.07, 6.45) is 0. The zero-order valence-corrected chi connectivity index (χ0v) is 24.2. The maximum atomic E-state index is 2.42. The lowest BCUT2D eigenvalue weighted by molar-refractivity contribution is 1.61. The summed E-state index contributed by atoms with van der Waals surface area (Å²) >= 11 is 1.90. The smallest absolute Gasteiger partial charge is 0.0361 e. The number of thiophene rings is 1. The van der Waals surface area contributed by atoms with E-state index < -0.39 is 0 Å². The molecule has 9 aromatic rings. The maximum Gasteiger partial charge on any atom is 0.0361 e. The molecule has 0 aliphatic heterocycles. The standard InChI is InChI=1S/C42H26S/c1-2-12-27(13-3-1)30-15-6-7-17-32(30)41-35-20-10-8-18-33(35)40(34-19-9-11-21-36(34)41)29-22-24-37-39(26-29)43-38-25-23-28-14-4-5-16-31(28)42(37)38/h1-26H. The second-order valence-corrected chi connectivity index (χ2v) is 12.3. The van der Waals surface area contributed by atoms with Crippen molar-refractivity contribution >= 4 is 63.8 Å². The Morgan fingerprint density at radius 1 is 0.326 bits per heavy atom. The molecule has 0 fully saturated rings. The number of hydrogen-bond acceptors (Lipinski definition) is 1. The number of benzene rings is 8. The van der Waals surface area contributed by atoms with Crippen molar-refractivity contribution in [1.82, 2.24) is 0 Å². The van der Waals surface area contributed by atoms with E-state index in [9.17, 15) is 0 Å². The van der Waals surface area contributed by atoms with Gasteiger partial charge in [0.2, 0.25) is 0 Å². The van der Waals surface area contributed by atoms with Crippen molar-refractivity contribution in [2.45, 2.75) is 0 Å². The van der Waals surface area contributed by atoms with E-state index in [4.69, 9.17) is 0 Å². The molecule has 200 valence electrons. The third-order valence-electron chi connectivity index (χ3n) is 8.86. The van der Waals surface area contributed by atoms with Crippen molar-refractivity contribution in [3.63, 3.8) is 0 Å². The van der Waals surface area contributed by atoms with Crippen molar-refractivity contribution in [1.29, 1.82) is 0 Å². The van der Waals surface area contributed by atoms with E-state index in [1.54, 1.807) is 0 Å². The number of hydrogen-bond donors (Lipinski definition) is 0. The van der Waals surface area contributed by atoms with E-state index in [1.807, 2.05) is 11.3 Å². The van der Waals surface area contributed by atoms with Gasteiger partial charge in [0.05, 0.1) is 0 Å². The van der Waals surface area contributed by atoms with Crippen LogP contribution in [-0.4, -0.2) is 0 Å². The van der Waals surface area contributed by atoms with Crippen molar-refractivity contribution in [2.24, 2.45) is 0 Å². The molecular weight excluding hydrogens is 537 g/mol. The highest BCUT2D eigenvalue weighted by Crippen LogP contribution is 2.47. The largest absolute Gasteiger partial charge is 0.135 e. The van der Waals surface area contributed by atoms with Gasteiger partial charge in [0, 0.05) is 20.2 Å².